The molecule has 12 heteroatoms. The van der Waals surface area contributed by atoms with E-state index in [0.29, 0.717) is 0 Å². The second kappa shape index (κ2) is 7.82. The fourth-order valence-corrected chi connectivity index (χ4v) is 3.22. The van der Waals surface area contributed by atoms with Crippen LogP contribution in [0, 0.1) is 39.2 Å². The lowest BCUT2D eigenvalue weighted by Gasteiger charge is -2.36. The van der Waals surface area contributed by atoms with Crippen LogP contribution in [0.15, 0.2) is 18.2 Å². The maximum absolute atomic E-state index is 13.9. The SMILES string of the molecule is O=C(c1ccc([N+](=O)[O-])cc1Cl)N1CCN(c2c(F)c(F)c(F)c(F)c2F)CC1. The molecule has 2 aromatic rings. The summed E-state index contributed by atoms with van der Waals surface area (Å²) in [5.41, 5.74) is -1.37. The monoisotopic (exact) mass is 435 g/mol. The molecule has 0 bridgehead atoms. The highest BCUT2D eigenvalue weighted by molar-refractivity contribution is 6.34. The molecule has 1 amide bonds. The normalized spacial score (nSPS) is 14.3. The minimum absolute atomic E-state index is 0.0121. The minimum atomic E-state index is -2.25. The number of carbonyl (C=O) groups excluding carboxylic acids is 1. The van der Waals surface area contributed by atoms with Gasteiger partial charge in [-0.1, -0.05) is 11.6 Å². The Morgan fingerprint density at radius 3 is 1.93 bits per heavy atom. The standard InChI is InChI=1S/C17H11ClF5N3O3/c18-10-7-8(26(28)29)1-2-9(10)17(27)25-5-3-24(4-6-25)16-14(22)12(20)11(19)13(21)15(16)23/h1-2,7H,3-6H2. The number of amides is 1. The van der Waals surface area contributed by atoms with E-state index < -0.39 is 45.6 Å². The second-order valence-corrected chi connectivity index (χ2v) is 6.53. The van der Waals surface area contributed by atoms with Crippen molar-refractivity contribution in [2.45, 2.75) is 0 Å². The first-order valence-corrected chi connectivity index (χ1v) is 8.50. The first-order chi connectivity index (χ1) is 13.6. The third kappa shape index (κ3) is 3.69. The van der Waals surface area contributed by atoms with Crippen LogP contribution in [-0.2, 0) is 0 Å². The number of benzene rings is 2. The summed E-state index contributed by atoms with van der Waals surface area (Å²) in [6.45, 7) is -0.583. The van der Waals surface area contributed by atoms with Gasteiger partial charge in [0.1, 0.15) is 5.69 Å². The van der Waals surface area contributed by atoms with Crippen molar-refractivity contribution in [3.05, 3.63) is 68.0 Å². The summed E-state index contributed by atoms with van der Waals surface area (Å²) in [6.07, 6.45) is 0. The fourth-order valence-electron chi connectivity index (χ4n) is 2.97. The van der Waals surface area contributed by atoms with Gasteiger partial charge in [0.25, 0.3) is 11.6 Å². The van der Waals surface area contributed by atoms with Crippen molar-refractivity contribution in [1.82, 2.24) is 4.90 Å². The quantitative estimate of drug-likeness (QED) is 0.241. The Hall–Kier alpha value is -2.95. The van der Waals surface area contributed by atoms with Crippen LogP contribution < -0.4 is 4.90 Å². The molecule has 154 valence electrons. The topological polar surface area (TPSA) is 66.7 Å². The summed E-state index contributed by atoms with van der Waals surface area (Å²) < 4.78 is 67.9. The van der Waals surface area contributed by atoms with Crippen LogP contribution >= 0.6 is 11.6 Å². The zero-order valence-corrected chi connectivity index (χ0v) is 15.2. The van der Waals surface area contributed by atoms with Gasteiger partial charge in [-0.25, -0.2) is 22.0 Å². The zero-order valence-electron chi connectivity index (χ0n) is 14.4. The molecule has 0 saturated carbocycles. The number of halogens is 6. The molecule has 6 nitrogen and oxygen atoms in total. The summed E-state index contributed by atoms with van der Waals surface area (Å²) in [7, 11) is 0. The zero-order chi connectivity index (χ0) is 21.5. The number of rotatable bonds is 3. The molecule has 1 heterocycles. The van der Waals surface area contributed by atoms with Crippen molar-refractivity contribution in [2.75, 3.05) is 31.1 Å². The van der Waals surface area contributed by atoms with E-state index >= 15 is 0 Å². The molecule has 0 N–H and O–H groups in total. The lowest BCUT2D eigenvalue weighted by atomic mass is 10.1. The number of hydrogen-bond acceptors (Lipinski definition) is 4. The summed E-state index contributed by atoms with van der Waals surface area (Å²) in [4.78, 5) is 24.8. The lowest BCUT2D eigenvalue weighted by molar-refractivity contribution is -0.384. The molecule has 0 spiro atoms. The van der Waals surface area contributed by atoms with Crippen LogP contribution in [0.3, 0.4) is 0 Å². The van der Waals surface area contributed by atoms with Crippen molar-refractivity contribution >= 4 is 28.9 Å². The van der Waals surface area contributed by atoms with E-state index in [2.05, 4.69) is 0 Å². The molecule has 0 unspecified atom stereocenters. The van der Waals surface area contributed by atoms with Gasteiger partial charge in [0.2, 0.25) is 5.82 Å². The predicted octanol–water partition coefficient (Wildman–Crippen LogP) is 3.91. The van der Waals surface area contributed by atoms with E-state index in [-0.39, 0.29) is 42.5 Å². The van der Waals surface area contributed by atoms with Gasteiger partial charge in [0.05, 0.1) is 15.5 Å². The van der Waals surface area contributed by atoms with Crippen molar-refractivity contribution in [3.8, 4) is 0 Å². The third-order valence-electron chi connectivity index (χ3n) is 4.46. The number of nitrogens with zero attached hydrogens (tertiary/aromatic N) is 3. The Morgan fingerprint density at radius 1 is 0.931 bits per heavy atom. The molecule has 1 saturated heterocycles. The van der Waals surface area contributed by atoms with Gasteiger partial charge in [-0.05, 0) is 6.07 Å². The van der Waals surface area contributed by atoms with Crippen LogP contribution in [0.4, 0.5) is 33.3 Å². The summed E-state index contributed by atoms with van der Waals surface area (Å²) in [5.74, 6) is -10.8. The van der Waals surface area contributed by atoms with Gasteiger partial charge in [-0.3, -0.25) is 14.9 Å². The summed E-state index contributed by atoms with van der Waals surface area (Å²) >= 11 is 5.92. The van der Waals surface area contributed by atoms with Crippen molar-refractivity contribution in [3.63, 3.8) is 0 Å². The molecule has 0 radical (unpaired) electrons. The average molecular weight is 436 g/mol. The number of nitro groups is 1. The van der Waals surface area contributed by atoms with Crippen molar-refractivity contribution < 1.29 is 31.7 Å². The van der Waals surface area contributed by atoms with E-state index in [0.717, 1.165) is 17.0 Å². The predicted molar refractivity (Wildman–Crippen MR) is 92.5 cm³/mol. The molecule has 1 aliphatic rings. The maximum atomic E-state index is 13.9. The molecule has 1 fully saturated rings. The molecular formula is C17H11ClF5N3O3. The summed E-state index contributed by atoms with van der Waals surface area (Å²) in [6, 6.07) is 3.29. The number of non-ortho nitro benzene ring substituents is 1. The van der Waals surface area contributed by atoms with E-state index in [1.165, 1.54) is 11.0 Å². The van der Waals surface area contributed by atoms with Gasteiger partial charge < -0.3 is 9.80 Å². The number of nitro benzene ring substituents is 1. The van der Waals surface area contributed by atoms with E-state index in [1.54, 1.807) is 0 Å². The fraction of sp³-hybridized carbons (Fsp3) is 0.235. The molecule has 1 aliphatic heterocycles. The Labute approximate surface area is 165 Å². The third-order valence-corrected chi connectivity index (χ3v) is 4.78. The highest BCUT2D eigenvalue weighted by atomic mass is 35.5. The first-order valence-electron chi connectivity index (χ1n) is 8.13. The van der Waals surface area contributed by atoms with Crippen LogP contribution in [0.25, 0.3) is 0 Å². The largest absolute Gasteiger partial charge is 0.363 e. The molecular weight excluding hydrogens is 425 g/mol. The van der Waals surface area contributed by atoms with Crippen molar-refractivity contribution in [2.24, 2.45) is 0 Å². The van der Waals surface area contributed by atoms with E-state index in [1.807, 2.05) is 0 Å². The molecule has 0 aromatic heterocycles. The van der Waals surface area contributed by atoms with E-state index in [4.69, 9.17) is 11.6 Å². The molecule has 2 aromatic carbocycles. The van der Waals surface area contributed by atoms with Gasteiger partial charge in [0.15, 0.2) is 23.3 Å². The smallest absolute Gasteiger partial charge is 0.270 e. The Morgan fingerprint density at radius 2 is 1.45 bits per heavy atom. The Kier molecular flexibility index (Phi) is 5.60. The Bertz CT molecular complexity index is 983. The van der Waals surface area contributed by atoms with Crippen molar-refractivity contribution in [1.29, 1.82) is 0 Å². The minimum Gasteiger partial charge on any atom is -0.363 e. The molecule has 0 atom stereocenters. The van der Waals surface area contributed by atoms with Gasteiger partial charge in [-0.2, -0.15) is 0 Å². The second-order valence-electron chi connectivity index (χ2n) is 6.12. The van der Waals surface area contributed by atoms with Crippen LogP contribution in [-0.4, -0.2) is 41.9 Å². The van der Waals surface area contributed by atoms with Gasteiger partial charge in [-0.15, -0.1) is 0 Å². The van der Waals surface area contributed by atoms with Gasteiger partial charge >= 0.3 is 0 Å². The van der Waals surface area contributed by atoms with E-state index in [9.17, 15) is 36.9 Å². The molecule has 0 aliphatic carbocycles. The van der Waals surface area contributed by atoms with Gasteiger partial charge in [0, 0.05) is 38.3 Å². The number of anilines is 1. The molecule has 29 heavy (non-hydrogen) atoms. The van der Waals surface area contributed by atoms with Crippen LogP contribution in [0.5, 0.6) is 0 Å². The highest BCUT2D eigenvalue weighted by Gasteiger charge is 2.32. The van der Waals surface area contributed by atoms with Crippen LogP contribution in [0.2, 0.25) is 5.02 Å². The lowest BCUT2D eigenvalue weighted by Crippen LogP contribution is -2.49. The number of carbonyl (C=O) groups is 1. The molecule has 3 rings (SSSR count). The summed E-state index contributed by atoms with van der Waals surface area (Å²) in [5, 5.41) is 10.6. The number of hydrogen-bond donors (Lipinski definition) is 0. The highest BCUT2D eigenvalue weighted by Crippen LogP contribution is 2.31. The average Bonchev–Trinajstić information content (AvgIpc) is 2.71. The maximum Gasteiger partial charge on any atom is 0.270 e. The first kappa shape index (κ1) is 20.8. The number of piperazine rings is 1. The Balaban J connectivity index is 1.78. The van der Waals surface area contributed by atoms with Crippen LogP contribution in [0.1, 0.15) is 10.4 Å².